The van der Waals surface area contributed by atoms with Crippen LogP contribution in [0, 0.1) is 10.1 Å². The van der Waals surface area contributed by atoms with Crippen molar-refractivity contribution in [3.05, 3.63) is 112 Å². The summed E-state index contributed by atoms with van der Waals surface area (Å²) in [6, 6.07) is 25.5. The van der Waals surface area contributed by atoms with Gasteiger partial charge in [0.05, 0.1) is 10.7 Å². The summed E-state index contributed by atoms with van der Waals surface area (Å²) >= 11 is 1.44. The van der Waals surface area contributed by atoms with Crippen LogP contribution in [0.1, 0.15) is 42.4 Å². The van der Waals surface area contributed by atoms with Crippen LogP contribution in [0.5, 0.6) is 0 Å². The number of hydrogen-bond donors (Lipinski definition) is 1. The van der Waals surface area contributed by atoms with Crippen LogP contribution in [0.4, 0.5) is 5.69 Å². The minimum Gasteiger partial charge on any atom is -0.352 e. The topological polar surface area (TPSA) is 92.6 Å². The van der Waals surface area contributed by atoms with E-state index < -0.39 is 11.0 Å². The van der Waals surface area contributed by atoms with Crippen molar-refractivity contribution in [1.82, 2.24) is 10.2 Å². The fourth-order valence-corrected chi connectivity index (χ4v) is 5.63. The monoisotopic (exact) mass is 531 g/mol. The van der Waals surface area contributed by atoms with Gasteiger partial charge in [0.25, 0.3) is 5.69 Å². The summed E-state index contributed by atoms with van der Waals surface area (Å²) in [5, 5.41) is 14.1. The van der Waals surface area contributed by atoms with Gasteiger partial charge in [-0.25, -0.2) is 0 Å². The molecule has 198 valence electrons. The van der Waals surface area contributed by atoms with Crippen molar-refractivity contribution >= 4 is 29.3 Å². The highest BCUT2D eigenvalue weighted by Gasteiger charge is 2.32. The lowest BCUT2D eigenvalue weighted by Crippen LogP contribution is -2.52. The number of nitrogens with zero attached hydrogens (tertiary/aromatic N) is 2. The van der Waals surface area contributed by atoms with Crippen molar-refractivity contribution in [2.75, 3.05) is 5.75 Å². The Morgan fingerprint density at radius 3 is 2.11 bits per heavy atom. The number of benzene rings is 3. The van der Waals surface area contributed by atoms with E-state index >= 15 is 0 Å². The maximum atomic E-state index is 13.7. The number of carbonyl (C=O) groups is 2. The molecular formula is C30H33N3O4S. The summed E-state index contributed by atoms with van der Waals surface area (Å²) in [6.45, 7) is 0.341. The summed E-state index contributed by atoms with van der Waals surface area (Å²) in [5.74, 6) is 0.528. The first-order valence-electron chi connectivity index (χ1n) is 13.0. The molecule has 2 amide bonds. The molecule has 1 N–H and O–H groups in total. The van der Waals surface area contributed by atoms with E-state index in [1.807, 2.05) is 60.7 Å². The van der Waals surface area contributed by atoms with E-state index in [4.69, 9.17) is 0 Å². The first-order chi connectivity index (χ1) is 18.5. The molecule has 4 rings (SSSR count). The minimum atomic E-state index is -0.634. The van der Waals surface area contributed by atoms with E-state index in [1.54, 1.807) is 17.0 Å². The molecule has 0 spiro atoms. The van der Waals surface area contributed by atoms with Crippen molar-refractivity contribution in [2.24, 2.45) is 0 Å². The number of hydrogen-bond acceptors (Lipinski definition) is 5. The number of nitro groups is 1. The van der Waals surface area contributed by atoms with Crippen molar-refractivity contribution in [2.45, 2.75) is 56.5 Å². The second-order valence-electron chi connectivity index (χ2n) is 9.62. The molecule has 1 saturated carbocycles. The molecule has 3 aromatic carbocycles. The molecule has 3 aromatic rings. The maximum Gasteiger partial charge on any atom is 0.269 e. The lowest BCUT2D eigenvalue weighted by atomic mass is 10.0. The summed E-state index contributed by atoms with van der Waals surface area (Å²) in [4.78, 5) is 39.6. The van der Waals surface area contributed by atoms with Crippen LogP contribution in [0.15, 0.2) is 84.9 Å². The van der Waals surface area contributed by atoms with E-state index in [2.05, 4.69) is 5.32 Å². The summed E-state index contributed by atoms with van der Waals surface area (Å²) in [7, 11) is 0. The zero-order valence-corrected chi connectivity index (χ0v) is 22.1. The molecule has 38 heavy (non-hydrogen) atoms. The molecular weight excluding hydrogens is 498 g/mol. The third-order valence-corrected chi connectivity index (χ3v) is 7.80. The highest BCUT2D eigenvalue weighted by atomic mass is 32.2. The largest absolute Gasteiger partial charge is 0.352 e. The molecule has 1 fully saturated rings. The van der Waals surface area contributed by atoms with Gasteiger partial charge in [-0.15, -0.1) is 11.8 Å². The normalized spacial score (nSPS) is 14.1. The fraction of sp³-hybridized carbons (Fsp3) is 0.333. The van der Waals surface area contributed by atoms with Gasteiger partial charge < -0.3 is 10.2 Å². The predicted octanol–water partition coefficient (Wildman–Crippen LogP) is 5.53. The quantitative estimate of drug-likeness (QED) is 0.245. The van der Waals surface area contributed by atoms with Crippen molar-refractivity contribution in [1.29, 1.82) is 0 Å². The third-order valence-electron chi connectivity index (χ3n) is 6.81. The average molecular weight is 532 g/mol. The van der Waals surface area contributed by atoms with E-state index in [0.29, 0.717) is 18.7 Å². The standard InChI is InChI=1S/C30H33N3O4S/c34-29(22-38-21-25-15-17-27(18-16-25)33(36)37)32(20-24-11-5-2-6-12-24)28(19-23-9-3-1-4-10-23)30(35)31-26-13-7-8-14-26/h1-6,9-12,15-18,26,28H,7-8,13-14,19-22H2,(H,31,35). The Morgan fingerprint density at radius 2 is 1.50 bits per heavy atom. The zero-order chi connectivity index (χ0) is 26.7. The van der Waals surface area contributed by atoms with Crippen molar-refractivity contribution in [3.63, 3.8) is 0 Å². The van der Waals surface area contributed by atoms with Gasteiger partial charge in [-0.1, -0.05) is 85.6 Å². The Hall–Kier alpha value is -3.65. The molecule has 0 aromatic heterocycles. The van der Waals surface area contributed by atoms with Gasteiger partial charge in [0, 0.05) is 36.9 Å². The van der Waals surface area contributed by atoms with Gasteiger partial charge in [0.1, 0.15) is 6.04 Å². The highest BCUT2D eigenvalue weighted by molar-refractivity contribution is 7.99. The minimum absolute atomic E-state index is 0.0425. The molecule has 0 heterocycles. The Bertz CT molecular complexity index is 1200. The number of thioether (sulfide) groups is 1. The highest BCUT2D eigenvalue weighted by Crippen LogP contribution is 2.22. The van der Waals surface area contributed by atoms with Crippen LogP contribution >= 0.6 is 11.8 Å². The van der Waals surface area contributed by atoms with Gasteiger partial charge in [0.2, 0.25) is 11.8 Å². The Balaban J connectivity index is 1.52. The average Bonchev–Trinajstić information content (AvgIpc) is 3.45. The van der Waals surface area contributed by atoms with Gasteiger partial charge in [-0.2, -0.15) is 0 Å². The molecule has 1 aliphatic rings. The smallest absolute Gasteiger partial charge is 0.269 e. The van der Waals surface area contributed by atoms with Crippen LogP contribution in [-0.2, 0) is 28.3 Å². The Labute approximate surface area is 227 Å². The van der Waals surface area contributed by atoms with Crippen LogP contribution in [0.2, 0.25) is 0 Å². The summed E-state index contributed by atoms with van der Waals surface area (Å²) in [6.07, 6.45) is 4.61. The van der Waals surface area contributed by atoms with Crippen LogP contribution < -0.4 is 5.32 Å². The SMILES string of the molecule is O=C(NC1CCCC1)C(Cc1ccccc1)N(Cc1ccccc1)C(=O)CSCc1ccc([N+](=O)[O-])cc1. The summed E-state index contributed by atoms with van der Waals surface area (Å²) < 4.78 is 0. The second kappa shape index (κ2) is 13.8. The number of carbonyl (C=O) groups excluding carboxylic acids is 2. The summed E-state index contributed by atoms with van der Waals surface area (Å²) in [5.41, 5.74) is 2.92. The molecule has 1 aliphatic carbocycles. The van der Waals surface area contributed by atoms with Crippen molar-refractivity contribution in [3.8, 4) is 0 Å². The second-order valence-corrected chi connectivity index (χ2v) is 10.6. The number of rotatable bonds is 12. The van der Waals surface area contributed by atoms with Gasteiger partial charge >= 0.3 is 0 Å². The molecule has 8 heteroatoms. The van der Waals surface area contributed by atoms with Gasteiger partial charge in [-0.05, 0) is 29.5 Å². The molecule has 0 saturated heterocycles. The van der Waals surface area contributed by atoms with Crippen molar-refractivity contribution < 1.29 is 14.5 Å². The molecule has 1 unspecified atom stereocenters. The molecule has 7 nitrogen and oxygen atoms in total. The fourth-order valence-electron chi connectivity index (χ4n) is 4.75. The Kier molecular flexibility index (Phi) is 9.92. The van der Waals surface area contributed by atoms with E-state index in [9.17, 15) is 19.7 Å². The van der Waals surface area contributed by atoms with Crippen LogP contribution in [-0.4, -0.2) is 39.5 Å². The predicted molar refractivity (Wildman–Crippen MR) is 151 cm³/mol. The zero-order valence-electron chi connectivity index (χ0n) is 21.3. The third kappa shape index (κ3) is 7.92. The first kappa shape index (κ1) is 27.4. The lowest BCUT2D eigenvalue weighted by Gasteiger charge is -2.32. The molecule has 1 atom stereocenters. The Morgan fingerprint density at radius 1 is 0.895 bits per heavy atom. The molecule has 0 aliphatic heterocycles. The number of amides is 2. The number of nitro benzene ring substituents is 1. The van der Waals surface area contributed by atoms with E-state index in [0.717, 1.165) is 42.4 Å². The first-order valence-corrected chi connectivity index (χ1v) is 14.1. The number of non-ortho nitro benzene ring substituents is 1. The molecule has 0 bridgehead atoms. The van der Waals surface area contributed by atoms with Gasteiger partial charge in [-0.3, -0.25) is 19.7 Å². The van der Waals surface area contributed by atoms with Crippen LogP contribution in [0.25, 0.3) is 0 Å². The number of nitrogens with one attached hydrogen (secondary N) is 1. The van der Waals surface area contributed by atoms with E-state index in [-0.39, 0.29) is 29.3 Å². The molecule has 0 radical (unpaired) electrons. The maximum absolute atomic E-state index is 13.7. The van der Waals surface area contributed by atoms with Gasteiger partial charge in [0.15, 0.2) is 0 Å². The van der Waals surface area contributed by atoms with E-state index in [1.165, 1.54) is 23.9 Å². The van der Waals surface area contributed by atoms with Crippen LogP contribution in [0.3, 0.4) is 0 Å². The lowest BCUT2D eigenvalue weighted by molar-refractivity contribution is -0.384.